The van der Waals surface area contributed by atoms with Crippen molar-refractivity contribution in [1.82, 2.24) is 14.8 Å². The third-order valence-corrected chi connectivity index (χ3v) is 4.49. The summed E-state index contributed by atoms with van der Waals surface area (Å²) in [6.07, 6.45) is 2.95. The number of aryl methyl sites for hydroxylation is 1. The number of ether oxygens (including phenoxy) is 1. The molecule has 7 nitrogen and oxygen atoms in total. The average molecular weight is 310 g/mol. The topological polar surface area (TPSA) is 77.3 Å². The van der Waals surface area contributed by atoms with Crippen molar-refractivity contribution in [3.63, 3.8) is 0 Å². The Balaban J connectivity index is 2.27. The number of rotatable bonds is 5. The van der Waals surface area contributed by atoms with Crippen LogP contribution in [0.5, 0.6) is 5.88 Å². The number of aromatic nitrogens is 3. The molecule has 0 bridgehead atoms. The molecule has 0 amide bonds. The molecule has 0 atom stereocenters. The van der Waals surface area contributed by atoms with Gasteiger partial charge in [-0.1, -0.05) is 0 Å². The molecule has 0 aliphatic rings. The van der Waals surface area contributed by atoms with Crippen molar-refractivity contribution in [3.05, 3.63) is 30.6 Å². The molecule has 8 heteroatoms. The van der Waals surface area contributed by atoms with Gasteiger partial charge in [-0.3, -0.25) is 8.99 Å². The van der Waals surface area contributed by atoms with Gasteiger partial charge in [0.05, 0.1) is 12.3 Å². The minimum absolute atomic E-state index is 0.0175. The van der Waals surface area contributed by atoms with Gasteiger partial charge in [-0.05, 0) is 19.9 Å². The summed E-state index contributed by atoms with van der Waals surface area (Å²) in [7, 11) is -0.504. The number of hydrogen-bond donors (Lipinski definition) is 0. The van der Waals surface area contributed by atoms with E-state index < -0.39 is 10.0 Å². The second-order valence-electron chi connectivity index (χ2n) is 4.82. The molecular weight excluding hydrogens is 292 g/mol. The number of pyridine rings is 1. The van der Waals surface area contributed by atoms with Crippen LogP contribution >= 0.6 is 0 Å². The largest absolute Gasteiger partial charge is 0.475 e. The minimum Gasteiger partial charge on any atom is -0.475 e. The van der Waals surface area contributed by atoms with Crippen LogP contribution in [0.4, 0.5) is 5.82 Å². The fraction of sp³-hybridized carbons (Fsp3) is 0.385. The Bertz CT molecular complexity index is 707. The predicted octanol–water partition coefficient (Wildman–Crippen LogP) is 1.43. The molecule has 0 fully saturated rings. The van der Waals surface area contributed by atoms with E-state index in [0.717, 1.165) is 4.31 Å². The summed E-state index contributed by atoms with van der Waals surface area (Å²) < 4.78 is 33.0. The van der Waals surface area contributed by atoms with Crippen molar-refractivity contribution in [2.45, 2.75) is 24.8 Å². The summed E-state index contributed by atoms with van der Waals surface area (Å²) in [6, 6.07) is 4.64. The molecule has 2 rings (SSSR count). The lowest BCUT2D eigenvalue weighted by atomic mass is 10.4. The van der Waals surface area contributed by atoms with E-state index in [-0.39, 0.29) is 11.0 Å². The first kappa shape index (κ1) is 15.3. The van der Waals surface area contributed by atoms with Gasteiger partial charge in [-0.15, -0.1) is 0 Å². The Kier molecular flexibility index (Phi) is 4.17. The molecule has 21 heavy (non-hydrogen) atoms. The summed E-state index contributed by atoms with van der Waals surface area (Å²) in [5, 5.41) is 4.08. The van der Waals surface area contributed by atoms with Crippen LogP contribution in [-0.2, 0) is 17.1 Å². The van der Waals surface area contributed by atoms with E-state index in [1.165, 1.54) is 19.3 Å². The molecule has 0 aromatic carbocycles. The van der Waals surface area contributed by atoms with E-state index in [9.17, 15) is 8.42 Å². The van der Waals surface area contributed by atoms with Crippen LogP contribution in [-0.4, -0.2) is 36.3 Å². The summed E-state index contributed by atoms with van der Waals surface area (Å²) in [4.78, 5) is 4.10. The molecule has 0 saturated carbocycles. The SMILES string of the molecule is CC(C)Oc1ccc(S(=O)(=O)N(C)c2ccn(C)n2)cn1. The molecule has 2 heterocycles. The molecule has 0 unspecified atom stereocenters. The molecule has 0 spiro atoms. The van der Waals surface area contributed by atoms with Gasteiger partial charge in [0.2, 0.25) is 5.88 Å². The lowest BCUT2D eigenvalue weighted by Crippen LogP contribution is -2.27. The third kappa shape index (κ3) is 3.33. The number of sulfonamides is 1. The standard InChI is InChI=1S/C13H18N4O3S/c1-10(2)20-13-6-5-11(9-14-13)21(18,19)17(4)12-7-8-16(3)15-12/h5-10H,1-4H3. The molecule has 2 aromatic heterocycles. The van der Waals surface area contributed by atoms with E-state index in [1.807, 2.05) is 13.8 Å². The first-order valence-corrected chi connectivity index (χ1v) is 7.86. The van der Waals surface area contributed by atoms with Crippen molar-refractivity contribution in [2.75, 3.05) is 11.4 Å². The van der Waals surface area contributed by atoms with Gasteiger partial charge in [-0.2, -0.15) is 5.10 Å². The average Bonchev–Trinajstić information content (AvgIpc) is 2.84. The number of hydrogen-bond acceptors (Lipinski definition) is 5. The molecule has 0 radical (unpaired) electrons. The third-order valence-electron chi connectivity index (χ3n) is 2.75. The zero-order chi connectivity index (χ0) is 15.6. The highest BCUT2D eigenvalue weighted by atomic mass is 32.2. The first-order valence-electron chi connectivity index (χ1n) is 6.42. The van der Waals surface area contributed by atoms with Gasteiger partial charge in [-0.25, -0.2) is 13.4 Å². The van der Waals surface area contributed by atoms with E-state index in [1.54, 1.807) is 30.1 Å². The van der Waals surface area contributed by atoms with Gasteiger partial charge in [0.25, 0.3) is 10.0 Å². The van der Waals surface area contributed by atoms with Crippen molar-refractivity contribution < 1.29 is 13.2 Å². The smallest absolute Gasteiger partial charge is 0.266 e. The molecule has 0 aliphatic heterocycles. The fourth-order valence-electron chi connectivity index (χ4n) is 1.68. The normalized spacial score (nSPS) is 11.7. The van der Waals surface area contributed by atoms with Crippen LogP contribution in [0.25, 0.3) is 0 Å². The zero-order valence-electron chi connectivity index (χ0n) is 12.4. The van der Waals surface area contributed by atoms with Crippen LogP contribution in [0.1, 0.15) is 13.8 Å². The summed E-state index contributed by atoms with van der Waals surface area (Å²) in [6.45, 7) is 3.75. The van der Waals surface area contributed by atoms with Crippen molar-refractivity contribution in [1.29, 1.82) is 0 Å². The van der Waals surface area contributed by atoms with Crippen LogP contribution in [0.3, 0.4) is 0 Å². The highest BCUT2D eigenvalue weighted by Gasteiger charge is 2.23. The van der Waals surface area contributed by atoms with Crippen LogP contribution in [0, 0.1) is 0 Å². The minimum atomic E-state index is -3.68. The molecule has 0 N–H and O–H groups in total. The lowest BCUT2D eigenvalue weighted by Gasteiger charge is -2.16. The summed E-state index contributed by atoms with van der Waals surface area (Å²) in [5.41, 5.74) is 0. The van der Waals surface area contributed by atoms with Gasteiger partial charge < -0.3 is 4.74 Å². The second-order valence-corrected chi connectivity index (χ2v) is 6.79. The van der Waals surface area contributed by atoms with E-state index >= 15 is 0 Å². The van der Waals surface area contributed by atoms with Crippen LogP contribution < -0.4 is 9.04 Å². The van der Waals surface area contributed by atoms with E-state index in [2.05, 4.69) is 10.1 Å². The second kappa shape index (κ2) is 5.72. The number of anilines is 1. The molecule has 2 aromatic rings. The first-order chi connectivity index (χ1) is 9.80. The maximum atomic E-state index is 12.5. The zero-order valence-corrected chi connectivity index (χ0v) is 13.2. The molecule has 0 saturated heterocycles. The van der Waals surface area contributed by atoms with Crippen LogP contribution in [0.2, 0.25) is 0 Å². The van der Waals surface area contributed by atoms with E-state index in [4.69, 9.17) is 4.74 Å². The predicted molar refractivity (Wildman–Crippen MR) is 78.8 cm³/mol. The maximum Gasteiger partial charge on any atom is 0.266 e. The van der Waals surface area contributed by atoms with Crippen LogP contribution in [0.15, 0.2) is 35.5 Å². The lowest BCUT2D eigenvalue weighted by molar-refractivity contribution is 0.232. The highest BCUT2D eigenvalue weighted by Crippen LogP contribution is 2.21. The van der Waals surface area contributed by atoms with Gasteiger partial charge in [0, 0.05) is 32.4 Å². The van der Waals surface area contributed by atoms with Gasteiger partial charge in [0.15, 0.2) is 5.82 Å². The van der Waals surface area contributed by atoms with Gasteiger partial charge >= 0.3 is 0 Å². The van der Waals surface area contributed by atoms with Gasteiger partial charge in [0.1, 0.15) is 4.90 Å². The Morgan fingerprint density at radius 1 is 1.29 bits per heavy atom. The van der Waals surface area contributed by atoms with Crippen molar-refractivity contribution in [3.8, 4) is 5.88 Å². The fourth-order valence-corrected chi connectivity index (χ4v) is 2.77. The summed E-state index contributed by atoms with van der Waals surface area (Å²) in [5.74, 6) is 0.740. The van der Waals surface area contributed by atoms with Crippen molar-refractivity contribution in [2.24, 2.45) is 7.05 Å². The molecular formula is C13H18N4O3S. The Morgan fingerprint density at radius 2 is 2.00 bits per heavy atom. The van der Waals surface area contributed by atoms with E-state index in [0.29, 0.717) is 11.7 Å². The highest BCUT2D eigenvalue weighted by molar-refractivity contribution is 7.92. The summed E-state index contributed by atoms with van der Waals surface area (Å²) >= 11 is 0. The molecule has 114 valence electrons. The Labute approximate surface area is 124 Å². The Morgan fingerprint density at radius 3 is 2.48 bits per heavy atom. The maximum absolute atomic E-state index is 12.5. The molecule has 0 aliphatic carbocycles. The quantitative estimate of drug-likeness (QED) is 0.835. The Hall–Kier alpha value is -2.09. The van der Waals surface area contributed by atoms with Crippen molar-refractivity contribution >= 4 is 15.8 Å². The number of nitrogens with zero attached hydrogens (tertiary/aromatic N) is 4. The monoisotopic (exact) mass is 310 g/mol.